The van der Waals surface area contributed by atoms with Crippen molar-refractivity contribution in [3.05, 3.63) is 48.0 Å². The van der Waals surface area contributed by atoms with E-state index in [4.69, 9.17) is 10.3 Å². The van der Waals surface area contributed by atoms with Crippen molar-refractivity contribution in [3.63, 3.8) is 0 Å². The highest BCUT2D eigenvalue weighted by Crippen LogP contribution is 2.39. The van der Waals surface area contributed by atoms with Crippen LogP contribution in [0.15, 0.2) is 40.9 Å². The van der Waals surface area contributed by atoms with Crippen molar-refractivity contribution >= 4 is 23.7 Å². The summed E-state index contributed by atoms with van der Waals surface area (Å²) in [6, 6.07) is 10.3. The second kappa shape index (κ2) is 6.03. The van der Waals surface area contributed by atoms with Gasteiger partial charge in [0.2, 0.25) is 0 Å². The molecule has 1 fully saturated rings. The first-order valence-electron chi connectivity index (χ1n) is 7.13. The smallest absolute Gasteiger partial charge is 0.268 e. The van der Waals surface area contributed by atoms with Crippen LogP contribution in [0.25, 0.3) is 21.2 Å². The molecule has 1 aromatic carbocycles. The largest absolute Gasteiger partial charge is 0.333 e. The van der Waals surface area contributed by atoms with Crippen molar-refractivity contribution in [2.24, 2.45) is 5.73 Å². The Morgan fingerprint density at radius 1 is 1.09 bits per heavy atom. The van der Waals surface area contributed by atoms with Crippen molar-refractivity contribution in [2.45, 2.75) is 24.8 Å². The summed E-state index contributed by atoms with van der Waals surface area (Å²) in [6.45, 7) is 0. The van der Waals surface area contributed by atoms with E-state index >= 15 is 0 Å². The summed E-state index contributed by atoms with van der Waals surface area (Å²) in [5.41, 5.74) is 6.76. The zero-order valence-corrected chi connectivity index (χ0v) is 13.8. The van der Waals surface area contributed by atoms with Crippen LogP contribution in [0.3, 0.4) is 0 Å². The van der Waals surface area contributed by atoms with Gasteiger partial charge in [-0.05, 0) is 49.1 Å². The van der Waals surface area contributed by atoms with Gasteiger partial charge in [0.05, 0.1) is 10.4 Å². The van der Waals surface area contributed by atoms with Crippen LogP contribution in [-0.2, 0) is 5.54 Å². The van der Waals surface area contributed by atoms with E-state index in [2.05, 4.69) is 10.1 Å². The summed E-state index contributed by atoms with van der Waals surface area (Å²) >= 11 is 1.53. The molecule has 2 aromatic heterocycles. The summed E-state index contributed by atoms with van der Waals surface area (Å²) in [7, 11) is 0. The molecule has 0 spiro atoms. The number of thiophene rings is 1. The Labute approximate surface area is 142 Å². The predicted molar refractivity (Wildman–Crippen MR) is 90.0 cm³/mol. The lowest BCUT2D eigenvalue weighted by atomic mass is 9.77. The fourth-order valence-corrected chi connectivity index (χ4v) is 3.46. The maximum absolute atomic E-state index is 13.0. The molecule has 0 aliphatic heterocycles. The van der Waals surface area contributed by atoms with Crippen LogP contribution in [0, 0.1) is 5.82 Å². The van der Waals surface area contributed by atoms with Crippen molar-refractivity contribution in [2.75, 3.05) is 0 Å². The van der Waals surface area contributed by atoms with E-state index in [1.54, 1.807) is 12.1 Å². The fraction of sp³-hybridized carbons (Fsp3) is 0.250. The van der Waals surface area contributed by atoms with Gasteiger partial charge >= 0.3 is 0 Å². The average molecular weight is 352 g/mol. The predicted octanol–water partition coefficient (Wildman–Crippen LogP) is 4.36. The van der Waals surface area contributed by atoms with E-state index in [-0.39, 0.29) is 18.2 Å². The van der Waals surface area contributed by atoms with Crippen molar-refractivity contribution < 1.29 is 8.91 Å². The molecule has 0 radical (unpaired) electrons. The Morgan fingerprint density at radius 2 is 1.78 bits per heavy atom. The molecule has 0 atom stereocenters. The van der Waals surface area contributed by atoms with E-state index in [0.717, 1.165) is 34.6 Å². The first-order chi connectivity index (χ1) is 10.6. The molecular formula is C16H15ClFN3OS. The highest BCUT2D eigenvalue weighted by Gasteiger charge is 2.39. The molecule has 4 nitrogen and oxygen atoms in total. The minimum atomic E-state index is -0.418. The number of hydrogen-bond acceptors (Lipinski definition) is 5. The third kappa shape index (κ3) is 2.89. The molecule has 1 aliphatic rings. The first kappa shape index (κ1) is 16.1. The second-order valence-corrected chi connectivity index (χ2v) is 6.69. The monoisotopic (exact) mass is 351 g/mol. The Hall–Kier alpha value is -1.76. The minimum absolute atomic E-state index is 0. The molecule has 4 rings (SSSR count). The van der Waals surface area contributed by atoms with Crippen molar-refractivity contribution in [3.8, 4) is 21.2 Å². The fourth-order valence-electron chi connectivity index (χ4n) is 2.53. The van der Waals surface area contributed by atoms with Gasteiger partial charge in [-0.15, -0.1) is 23.7 Å². The average Bonchev–Trinajstić information content (AvgIpc) is 3.14. The molecule has 0 amide bonds. The van der Waals surface area contributed by atoms with Gasteiger partial charge in [-0.25, -0.2) is 4.39 Å². The number of aromatic nitrogens is 2. The van der Waals surface area contributed by atoms with Gasteiger partial charge in [-0.1, -0.05) is 17.3 Å². The summed E-state index contributed by atoms with van der Waals surface area (Å²) < 4.78 is 18.3. The molecule has 2 heterocycles. The van der Waals surface area contributed by atoms with Gasteiger partial charge in [-0.3, -0.25) is 0 Å². The van der Waals surface area contributed by atoms with Gasteiger partial charge in [0, 0.05) is 4.88 Å². The van der Waals surface area contributed by atoms with Crippen LogP contribution < -0.4 is 5.73 Å². The zero-order chi connectivity index (χ0) is 15.2. The lowest BCUT2D eigenvalue weighted by Crippen LogP contribution is -2.44. The van der Waals surface area contributed by atoms with E-state index in [9.17, 15) is 4.39 Å². The number of rotatable bonds is 3. The molecule has 120 valence electrons. The molecule has 3 aromatic rings. The van der Waals surface area contributed by atoms with E-state index in [1.807, 2.05) is 12.1 Å². The molecule has 0 saturated heterocycles. The maximum Gasteiger partial charge on any atom is 0.268 e. The SMILES string of the molecule is Cl.NC1(c2noc(-c3ccc(-c4ccc(F)cc4)s3)n2)CCC1. The summed E-state index contributed by atoms with van der Waals surface area (Å²) in [4.78, 5) is 6.36. The summed E-state index contributed by atoms with van der Waals surface area (Å²) in [6.07, 6.45) is 2.91. The Morgan fingerprint density at radius 3 is 2.43 bits per heavy atom. The van der Waals surface area contributed by atoms with Gasteiger partial charge < -0.3 is 10.3 Å². The number of hydrogen-bond donors (Lipinski definition) is 1. The number of halogens is 2. The molecule has 1 aliphatic carbocycles. The van der Waals surface area contributed by atoms with Gasteiger partial charge in [0.15, 0.2) is 5.82 Å². The quantitative estimate of drug-likeness (QED) is 0.761. The maximum atomic E-state index is 13.0. The molecule has 2 N–H and O–H groups in total. The van der Waals surface area contributed by atoms with E-state index in [0.29, 0.717) is 11.7 Å². The van der Waals surface area contributed by atoms with Crippen LogP contribution in [0.1, 0.15) is 25.1 Å². The van der Waals surface area contributed by atoms with Crippen molar-refractivity contribution in [1.82, 2.24) is 10.1 Å². The third-order valence-corrected chi connectivity index (χ3v) is 5.18. The molecule has 1 saturated carbocycles. The van der Waals surface area contributed by atoms with Gasteiger partial charge in [0.25, 0.3) is 5.89 Å². The molecule has 0 unspecified atom stereocenters. The Kier molecular flexibility index (Phi) is 4.23. The minimum Gasteiger partial charge on any atom is -0.333 e. The molecule has 0 bridgehead atoms. The standard InChI is InChI=1S/C16H14FN3OS.ClH/c17-11-4-2-10(3-5-11)12-6-7-13(22-12)14-19-15(20-21-14)16(18)8-1-9-16;/h2-7H,1,8-9,18H2;1H. The highest BCUT2D eigenvalue weighted by molar-refractivity contribution is 7.18. The topological polar surface area (TPSA) is 64.9 Å². The van der Waals surface area contributed by atoms with Crippen LogP contribution in [0.2, 0.25) is 0 Å². The second-order valence-electron chi connectivity index (χ2n) is 5.60. The van der Waals surface area contributed by atoms with Crippen LogP contribution in [-0.4, -0.2) is 10.1 Å². The normalized spacial score (nSPS) is 15.7. The Balaban J connectivity index is 0.00000156. The Bertz CT molecular complexity index is 811. The number of nitrogens with zero attached hydrogens (tertiary/aromatic N) is 2. The molecule has 7 heteroatoms. The lowest BCUT2D eigenvalue weighted by molar-refractivity contribution is 0.229. The molecular weight excluding hydrogens is 337 g/mol. The number of benzene rings is 1. The third-order valence-electron chi connectivity index (χ3n) is 4.06. The van der Waals surface area contributed by atoms with E-state index in [1.165, 1.54) is 23.5 Å². The number of nitrogens with two attached hydrogens (primary N) is 1. The van der Waals surface area contributed by atoms with Gasteiger partial charge in [0.1, 0.15) is 5.82 Å². The lowest BCUT2D eigenvalue weighted by Gasteiger charge is -2.34. The first-order valence-corrected chi connectivity index (χ1v) is 7.95. The van der Waals surface area contributed by atoms with Crippen LogP contribution in [0.4, 0.5) is 4.39 Å². The van der Waals surface area contributed by atoms with E-state index < -0.39 is 5.54 Å². The van der Waals surface area contributed by atoms with Gasteiger partial charge in [-0.2, -0.15) is 4.98 Å². The summed E-state index contributed by atoms with van der Waals surface area (Å²) in [5.74, 6) is 0.839. The highest BCUT2D eigenvalue weighted by atomic mass is 35.5. The van der Waals surface area contributed by atoms with Crippen molar-refractivity contribution in [1.29, 1.82) is 0 Å². The van der Waals surface area contributed by atoms with Crippen LogP contribution in [0.5, 0.6) is 0 Å². The zero-order valence-electron chi connectivity index (χ0n) is 12.2. The molecule has 23 heavy (non-hydrogen) atoms. The van der Waals surface area contributed by atoms with Crippen LogP contribution >= 0.6 is 23.7 Å². The summed E-state index contributed by atoms with van der Waals surface area (Å²) in [5, 5.41) is 4.03.